The Labute approximate surface area is 333 Å². The number of fused-ring (bicyclic) bond motifs is 6. The lowest BCUT2D eigenvalue weighted by Gasteiger charge is -2.16. The van der Waals surface area contributed by atoms with Crippen molar-refractivity contribution in [3.63, 3.8) is 0 Å². The molecular formula is C52H31N5O. The van der Waals surface area contributed by atoms with Crippen molar-refractivity contribution in [1.82, 2.24) is 19.5 Å². The second-order valence-electron chi connectivity index (χ2n) is 14.3. The Morgan fingerprint density at radius 3 is 1.66 bits per heavy atom. The van der Waals surface area contributed by atoms with E-state index < -0.39 is 0 Å². The molecule has 6 nitrogen and oxygen atoms in total. The summed E-state index contributed by atoms with van der Waals surface area (Å²) in [5.41, 5.74) is 12.2. The summed E-state index contributed by atoms with van der Waals surface area (Å²) in [5.74, 6) is 1.75. The van der Waals surface area contributed by atoms with E-state index in [1.807, 2.05) is 103 Å². The zero-order valence-electron chi connectivity index (χ0n) is 31.0. The van der Waals surface area contributed by atoms with Gasteiger partial charge in [-0.05, 0) is 64.7 Å². The number of furan rings is 1. The fourth-order valence-corrected chi connectivity index (χ4v) is 8.06. The molecule has 58 heavy (non-hydrogen) atoms. The fourth-order valence-electron chi connectivity index (χ4n) is 8.06. The number of hydrogen-bond donors (Lipinski definition) is 0. The molecule has 0 aliphatic heterocycles. The van der Waals surface area contributed by atoms with Gasteiger partial charge in [0.2, 0.25) is 0 Å². The highest BCUT2D eigenvalue weighted by atomic mass is 16.3. The Bertz CT molecular complexity index is 3340. The van der Waals surface area contributed by atoms with E-state index in [0.717, 1.165) is 88.4 Å². The van der Waals surface area contributed by atoms with Crippen LogP contribution in [0.3, 0.4) is 0 Å². The molecule has 0 saturated carbocycles. The summed E-state index contributed by atoms with van der Waals surface area (Å²) in [5, 5.41) is 4.45. The van der Waals surface area contributed by atoms with Crippen LogP contribution in [0.1, 0.15) is 0 Å². The minimum absolute atomic E-state index is 0.561. The summed E-state index contributed by atoms with van der Waals surface area (Å²) >= 11 is 0. The Morgan fingerprint density at radius 2 is 0.931 bits per heavy atom. The Balaban J connectivity index is 1.19. The van der Waals surface area contributed by atoms with Crippen molar-refractivity contribution < 1.29 is 4.42 Å². The zero-order valence-corrected chi connectivity index (χ0v) is 31.0. The maximum absolute atomic E-state index is 7.46. The molecule has 0 unspecified atom stereocenters. The Kier molecular flexibility index (Phi) is 7.76. The van der Waals surface area contributed by atoms with Crippen LogP contribution in [0.2, 0.25) is 0 Å². The molecule has 0 amide bonds. The largest absolute Gasteiger partial charge is 0.456 e. The van der Waals surface area contributed by atoms with Crippen LogP contribution in [0.25, 0.3) is 111 Å². The molecular weight excluding hydrogens is 711 g/mol. The predicted molar refractivity (Wildman–Crippen MR) is 235 cm³/mol. The fraction of sp³-hybridized carbons (Fsp3) is 0. The Hall–Kier alpha value is -8.14. The third kappa shape index (κ3) is 5.61. The number of nitrogens with zero attached hydrogens (tertiary/aromatic N) is 5. The molecule has 270 valence electrons. The summed E-state index contributed by atoms with van der Waals surface area (Å²) in [6, 6.07) is 64.2. The standard InChI is InChI=1S/C52H31N5O/c1-53-39-25-20-33(21-26-39)37-22-27-41-40-16-8-10-18-45(40)57(47(41)31-37)46-29-24-36(38-23-28-43-42-17-9-11-19-48(42)58-49(43)32-38)30-44(46)52-55-50(34-12-4-2-5-13-34)54-51(56-52)35-14-6-3-7-15-35/h2-32H. The van der Waals surface area contributed by atoms with Crippen LogP contribution in [0.4, 0.5) is 5.69 Å². The molecule has 11 aromatic rings. The number of hydrogen-bond acceptors (Lipinski definition) is 4. The quantitative estimate of drug-likeness (QED) is 0.159. The van der Waals surface area contributed by atoms with Crippen LogP contribution >= 0.6 is 0 Å². The highest BCUT2D eigenvalue weighted by molar-refractivity contribution is 6.11. The van der Waals surface area contributed by atoms with Gasteiger partial charge in [-0.15, -0.1) is 0 Å². The molecule has 6 heteroatoms. The van der Waals surface area contributed by atoms with Crippen LogP contribution in [0, 0.1) is 6.57 Å². The van der Waals surface area contributed by atoms with Gasteiger partial charge in [0, 0.05) is 38.2 Å². The summed E-state index contributed by atoms with van der Waals surface area (Å²) in [6.45, 7) is 7.46. The first-order chi connectivity index (χ1) is 28.7. The average molecular weight is 742 g/mol. The molecule has 0 saturated heterocycles. The number of benzene rings is 8. The number of para-hydroxylation sites is 2. The molecule has 0 spiro atoms. The summed E-state index contributed by atoms with van der Waals surface area (Å²) < 4.78 is 8.68. The zero-order chi connectivity index (χ0) is 38.6. The molecule has 0 aliphatic rings. The summed E-state index contributed by atoms with van der Waals surface area (Å²) in [7, 11) is 0. The van der Waals surface area contributed by atoms with Crippen molar-refractivity contribution in [3.05, 3.63) is 199 Å². The predicted octanol–water partition coefficient (Wildman–Crippen LogP) is 13.8. The molecule has 8 aromatic carbocycles. The van der Waals surface area contributed by atoms with E-state index in [2.05, 4.69) is 94.3 Å². The number of rotatable bonds is 6. The van der Waals surface area contributed by atoms with Crippen molar-refractivity contribution >= 4 is 49.4 Å². The second-order valence-corrected chi connectivity index (χ2v) is 14.3. The van der Waals surface area contributed by atoms with Crippen LogP contribution in [0.5, 0.6) is 0 Å². The van der Waals surface area contributed by atoms with Gasteiger partial charge in [0.15, 0.2) is 23.2 Å². The van der Waals surface area contributed by atoms with Gasteiger partial charge in [-0.3, -0.25) is 0 Å². The first-order valence-electron chi connectivity index (χ1n) is 19.1. The van der Waals surface area contributed by atoms with Crippen LogP contribution in [0.15, 0.2) is 192 Å². The van der Waals surface area contributed by atoms with Gasteiger partial charge in [-0.25, -0.2) is 19.8 Å². The molecule has 0 bridgehead atoms. The summed E-state index contributed by atoms with van der Waals surface area (Å²) in [6.07, 6.45) is 0. The van der Waals surface area contributed by atoms with Crippen molar-refractivity contribution in [1.29, 1.82) is 0 Å². The lowest BCUT2D eigenvalue weighted by molar-refractivity contribution is 0.669. The molecule has 11 rings (SSSR count). The number of aromatic nitrogens is 4. The van der Waals surface area contributed by atoms with Crippen molar-refractivity contribution in [3.8, 4) is 62.1 Å². The van der Waals surface area contributed by atoms with E-state index in [-0.39, 0.29) is 0 Å². The monoisotopic (exact) mass is 741 g/mol. The van der Waals surface area contributed by atoms with Gasteiger partial charge in [-0.1, -0.05) is 146 Å². The van der Waals surface area contributed by atoms with Gasteiger partial charge in [0.1, 0.15) is 11.2 Å². The van der Waals surface area contributed by atoms with E-state index in [1.165, 1.54) is 0 Å². The maximum Gasteiger partial charge on any atom is 0.187 e. The molecule has 3 heterocycles. The SMILES string of the molecule is [C-]#[N+]c1ccc(-c2ccc3c4ccccc4n(-c4ccc(-c5ccc6c(c5)oc5ccccc56)cc4-c4nc(-c5ccccc5)nc(-c5ccccc5)n4)c3c2)cc1. The lowest BCUT2D eigenvalue weighted by Crippen LogP contribution is -2.04. The topological polar surface area (TPSA) is 61.1 Å². The molecule has 0 radical (unpaired) electrons. The average Bonchev–Trinajstić information content (AvgIpc) is 3.84. The minimum Gasteiger partial charge on any atom is -0.456 e. The Morgan fingerprint density at radius 1 is 0.397 bits per heavy atom. The van der Waals surface area contributed by atoms with Crippen LogP contribution in [-0.4, -0.2) is 19.5 Å². The molecule has 0 aliphatic carbocycles. The maximum atomic E-state index is 7.46. The third-order valence-electron chi connectivity index (χ3n) is 10.9. The van der Waals surface area contributed by atoms with E-state index >= 15 is 0 Å². The normalized spacial score (nSPS) is 11.4. The van der Waals surface area contributed by atoms with E-state index in [4.69, 9.17) is 25.9 Å². The first-order valence-corrected chi connectivity index (χ1v) is 19.1. The molecule has 3 aromatic heterocycles. The second kappa shape index (κ2) is 13.6. The minimum atomic E-state index is 0.561. The van der Waals surface area contributed by atoms with E-state index in [1.54, 1.807) is 0 Å². The van der Waals surface area contributed by atoms with Gasteiger partial charge in [-0.2, -0.15) is 0 Å². The molecule has 0 N–H and O–H groups in total. The molecule has 0 fully saturated rings. The van der Waals surface area contributed by atoms with Crippen molar-refractivity contribution in [2.75, 3.05) is 0 Å². The third-order valence-corrected chi connectivity index (χ3v) is 10.9. The van der Waals surface area contributed by atoms with Crippen LogP contribution < -0.4 is 0 Å². The smallest absolute Gasteiger partial charge is 0.187 e. The molecule has 0 atom stereocenters. The van der Waals surface area contributed by atoms with Crippen LogP contribution in [-0.2, 0) is 0 Å². The van der Waals surface area contributed by atoms with Gasteiger partial charge < -0.3 is 8.98 Å². The van der Waals surface area contributed by atoms with Gasteiger partial charge >= 0.3 is 0 Å². The van der Waals surface area contributed by atoms with Gasteiger partial charge in [0.05, 0.1) is 23.3 Å². The summed E-state index contributed by atoms with van der Waals surface area (Å²) in [4.78, 5) is 19.1. The highest BCUT2D eigenvalue weighted by Crippen LogP contribution is 2.40. The lowest BCUT2D eigenvalue weighted by atomic mass is 9.99. The van der Waals surface area contributed by atoms with E-state index in [9.17, 15) is 0 Å². The highest BCUT2D eigenvalue weighted by Gasteiger charge is 2.21. The first kappa shape index (κ1) is 33.2. The van der Waals surface area contributed by atoms with Gasteiger partial charge in [0.25, 0.3) is 0 Å². The van der Waals surface area contributed by atoms with Crippen molar-refractivity contribution in [2.45, 2.75) is 0 Å². The van der Waals surface area contributed by atoms with Crippen molar-refractivity contribution in [2.24, 2.45) is 0 Å². The van der Waals surface area contributed by atoms with E-state index in [0.29, 0.717) is 23.2 Å².